The van der Waals surface area contributed by atoms with Crippen molar-refractivity contribution in [1.29, 1.82) is 0 Å². The number of rotatable bonds is 2. The Hall–Kier alpha value is -3.54. The minimum atomic E-state index is -0.197. The number of allylic oxidation sites excluding steroid dienone is 2. The van der Waals surface area contributed by atoms with E-state index in [4.69, 9.17) is 14.6 Å². The van der Waals surface area contributed by atoms with Gasteiger partial charge in [-0.25, -0.2) is 4.68 Å². The highest BCUT2D eigenvalue weighted by Gasteiger charge is 2.43. The Morgan fingerprint density at radius 3 is 2.66 bits per heavy atom. The lowest BCUT2D eigenvalue weighted by atomic mass is 9.69. The fourth-order valence-electron chi connectivity index (χ4n) is 5.26. The molecule has 0 spiro atoms. The van der Waals surface area contributed by atoms with Crippen molar-refractivity contribution in [1.82, 2.24) is 9.78 Å². The minimum Gasteiger partial charge on any atom is -0.454 e. The molecule has 1 atom stereocenters. The van der Waals surface area contributed by atoms with Crippen LogP contribution in [0.2, 0.25) is 0 Å². The molecule has 6 nitrogen and oxygen atoms in total. The van der Waals surface area contributed by atoms with E-state index in [-0.39, 0.29) is 23.9 Å². The standard InChI is InChI=1S/C26H25N3O3/c1-15-22-23(16-9-10-20-21(11-16)32-14-31-20)24-18(12-26(2,3)13-19(24)30)27-25(22)29(28-15)17-7-5-4-6-8-17/h4-11,23,27H,12-14H2,1-3H3/t23-/m0/s1. The summed E-state index contributed by atoms with van der Waals surface area (Å²) in [6, 6.07) is 16.1. The largest absolute Gasteiger partial charge is 0.454 e. The van der Waals surface area contributed by atoms with E-state index in [1.807, 2.05) is 60.1 Å². The van der Waals surface area contributed by atoms with Crippen molar-refractivity contribution in [3.05, 3.63) is 76.6 Å². The number of benzene rings is 2. The molecule has 32 heavy (non-hydrogen) atoms. The molecule has 0 radical (unpaired) electrons. The molecule has 0 bridgehead atoms. The van der Waals surface area contributed by atoms with E-state index in [0.29, 0.717) is 6.42 Å². The summed E-state index contributed by atoms with van der Waals surface area (Å²) in [4.78, 5) is 13.5. The van der Waals surface area contributed by atoms with Gasteiger partial charge in [0, 0.05) is 29.2 Å². The van der Waals surface area contributed by atoms with Crippen molar-refractivity contribution < 1.29 is 14.3 Å². The zero-order valence-corrected chi connectivity index (χ0v) is 18.4. The maximum absolute atomic E-state index is 13.5. The van der Waals surface area contributed by atoms with Gasteiger partial charge in [-0.1, -0.05) is 38.1 Å². The first-order valence-corrected chi connectivity index (χ1v) is 11.0. The number of fused-ring (bicyclic) bond motifs is 2. The Balaban J connectivity index is 1.59. The number of aromatic nitrogens is 2. The Kier molecular flexibility index (Phi) is 4.03. The van der Waals surface area contributed by atoms with E-state index in [1.54, 1.807) is 0 Å². The maximum Gasteiger partial charge on any atom is 0.231 e. The van der Waals surface area contributed by atoms with Crippen LogP contribution >= 0.6 is 0 Å². The lowest BCUT2D eigenvalue weighted by Gasteiger charge is -2.38. The molecule has 3 aliphatic rings. The number of carbonyl (C=O) groups is 1. The molecule has 3 aromatic rings. The Morgan fingerprint density at radius 1 is 1.06 bits per heavy atom. The maximum atomic E-state index is 13.5. The smallest absolute Gasteiger partial charge is 0.231 e. The first-order chi connectivity index (χ1) is 15.4. The number of ketones is 1. The van der Waals surface area contributed by atoms with Gasteiger partial charge in [0.15, 0.2) is 17.3 Å². The van der Waals surface area contributed by atoms with Crippen molar-refractivity contribution in [2.24, 2.45) is 5.41 Å². The molecule has 0 amide bonds. The monoisotopic (exact) mass is 427 g/mol. The average molecular weight is 428 g/mol. The van der Waals surface area contributed by atoms with E-state index in [1.165, 1.54) is 0 Å². The van der Waals surface area contributed by atoms with E-state index < -0.39 is 0 Å². The van der Waals surface area contributed by atoms with Crippen LogP contribution in [-0.2, 0) is 4.79 Å². The summed E-state index contributed by atoms with van der Waals surface area (Å²) in [5.41, 5.74) is 5.71. The zero-order chi connectivity index (χ0) is 22.0. The second kappa shape index (κ2) is 6.73. The molecule has 6 rings (SSSR count). The lowest BCUT2D eigenvalue weighted by molar-refractivity contribution is -0.118. The third-order valence-corrected chi connectivity index (χ3v) is 6.60. The summed E-state index contributed by atoms with van der Waals surface area (Å²) in [5.74, 6) is 2.40. The molecule has 2 aliphatic heterocycles. The van der Waals surface area contributed by atoms with E-state index in [2.05, 4.69) is 19.2 Å². The third-order valence-electron chi connectivity index (χ3n) is 6.60. The molecule has 0 saturated heterocycles. The number of ether oxygens (including phenoxy) is 2. The molecule has 1 N–H and O–H groups in total. The van der Waals surface area contributed by atoms with Crippen molar-refractivity contribution in [3.63, 3.8) is 0 Å². The number of hydrogen-bond donors (Lipinski definition) is 1. The van der Waals surface area contributed by atoms with Crippen LogP contribution in [0.3, 0.4) is 0 Å². The second-order valence-electron chi connectivity index (χ2n) is 9.60. The quantitative estimate of drug-likeness (QED) is 0.616. The molecule has 1 aliphatic carbocycles. The summed E-state index contributed by atoms with van der Waals surface area (Å²) < 4.78 is 13.1. The predicted molar refractivity (Wildman–Crippen MR) is 121 cm³/mol. The first-order valence-electron chi connectivity index (χ1n) is 11.0. The van der Waals surface area contributed by atoms with Gasteiger partial charge in [-0.2, -0.15) is 5.10 Å². The Labute approximate surface area is 186 Å². The summed E-state index contributed by atoms with van der Waals surface area (Å²) in [6.45, 7) is 6.55. The van der Waals surface area contributed by atoms with Crippen LogP contribution in [-0.4, -0.2) is 22.4 Å². The summed E-state index contributed by atoms with van der Waals surface area (Å²) >= 11 is 0. The molecule has 1 aromatic heterocycles. The minimum absolute atomic E-state index is 0.0908. The molecule has 162 valence electrons. The van der Waals surface area contributed by atoms with Gasteiger partial charge in [-0.15, -0.1) is 0 Å². The van der Waals surface area contributed by atoms with Crippen molar-refractivity contribution in [2.75, 3.05) is 12.1 Å². The van der Waals surface area contributed by atoms with Crippen LogP contribution in [0.5, 0.6) is 11.5 Å². The van der Waals surface area contributed by atoms with Crippen LogP contribution in [0.1, 0.15) is 49.4 Å². The number of hydrogen-bond acceptors (Lipinski definition) is 5. The zero-order valence-electron chi connectivity index (χ0n) is 18.4. The van der Waals surface area contributed by atoms with Gasteiger partial charge in [-0.05, 0) is 48.6 Å². The predicted octanol–water partition coefficient (Wildman–Crippen LogP) is 5.11. The number of para-hydroxylation sites is 1. The number of carbonyl (C=O) groups excluding carboxylic acids is 1. The Bertz CT molecular complexity index is 1290. The van der Waals surface area contributed by atoms with Crippen LogP contribution in [0.4, 0.5) is 5.82 Å². The topological polar surface area (TPSA) is 65.4 Å². The van der Waals surface area contributed by atoms with Crippen LogP contribution in [0, 0.1) is 12.3 Å². The fourth-order valence-corrected chi connectivity index (χ4v) is 5.26. The normalized spacial score (nSPS) is 20.6. The van der Waals surface area contributed by atoms with Crippen LogP contribution in [0.25, 0.3) is 5.69 Å². The van der Waals surface area contributed by atoms with Gasteiger partial charge in [0.25, 0.3) is 0 Å². The van der Waals surface area contributed by atoms with Gasteiger partial charge < -0.3 is 14.8 Å². The van der Waals surface area contributed by atoms with Gasteiger partial charge in [0.05, 0.1) is 11.4 Å². The van der Waals surface area contributed by atoms with E-state index in [9.17, 15) is 4.79 Å². The average Bonchev–Trinajstić information content (AvgIpc) is 3.36. The highest BCUT2D eigenvalue weighted by atomic mass is 16.7. The van der Waals surface area contributed by atoms with E-state index in [0.717, 1.165) is 57.5 Å². The number of aryl methyl sites for hydroxylation is 1. The number of nitrogens with one attached hydrogen (secondary N) is 1. The lowest BCUT2D eigenvalue weighted by Crippen LogP contribution is -2.34. The SMILES string of the molecule is Cc1nn(-c2ccccc2)c2c1[C@H](c1ccc3c(c1)OCO3)C1=C(CC(C)(C)CC1=O)N2. The molecule has 3 heterocycles. The molecule has 0 saturated carbocycles. The van der Waals surface area contributed by atoms with Gasteiger partial charge in [0.2, 0.25) is 6.79 Å². The Morgan fingerprint density at radius 2 is 1.84 bits per heavy atom. The number of anilines is 1. The number of nitrogens with zero attached hydrogens (tertiary/aromatic N) is 2. The van der Waals surface area contributed by atoms with E-state index >= 15 is 0 Å². The molecule has 0 fully saturated rings. The van der Waals surface area contributed by atoms with Crippen LogP contribution in [0.15, 0.2) is 59.8 Å². The molecule has 0 unspecified atom stereocenters. The summed E-state index contributed by atoms with van der Waals surface area (Å²) in [7, 11) is 0. The molecule has 2 aromatic carbocycles. The van der Waals surface area contributed by atoms with Crippen molar-refractivity contribution in [3.8, 4) is 17.2 Å². The van der Waals surface area contributed by atoms with Gasteiger partial charge in [-0.3, -0.25) is 4.79 Å². The molecular formula is C26H25N3O3. The van der Waals surface area contributed by atoms with Crippen molar-refractivity contribution >= 4 is 11.6 Å². The highest BCUT2D eigenvalue weighted by molar-refractivity contribution is 6.01. The first kappa shape index (κ1) is 19.2. The molecule has 6 heteroatoms. The van der Waals surface area contributed by atoms with Gasteiger partial charge >= 0.3 is 0 Å². The summed E-state index contributed by atoms with van der Waals surface area (Å²) in [6.07, 6.45) is 1.35. The third kappa shape index (κ3) is 2.86. The van der Waals surface area contributed by atoms with Gasteiger partial charge in [0.1, 0.15) is 5.82 Å². The number of Topliss-reactive ketones (excluding diaryl/α,β-unsaturated/α-hetero) is 1. The summed E-state index contributed by atoms with van der Waals surface area (Å²) in [5, 5.41) is 8.52. The van der Waals surface area contributed by atoms with Crippen molar-refractivity contribution in [2.45, 2.75) is 39.5 Å². The fraction of sp³-hybridized carbons (Fsp3) is 0.308. The highest BCUT2D eigenvalue weighted by Crippen LogP contribution is 2.51. The second-order valence-corrected chi connectivity index (χ2v) is 9.60. The van der Waals surface area contributed by atoms with Crippen LogP contribution < -0.4 is 14.8 Å². The molecular weight excluding hydrogens is 402 g/mol.